The van der Waals surface area contributed by atoms with Crippen LogP contribution < -0.4 is 10.5 Å². The highest BCUT2D eigenvalue weighted by molar-refractivity contribution is 7.99. The highest BCUT2D eigenvalue weighted by Crippen LogP contribution is 2.29. The Morgan fingerprint density at radius 2 is 1.96 bits per heavy atom. The molecule has 124 valence electrons. The van der Waals surface area contributed by atoms with Crippen LogP contribution in [-0.4, -0.2) is 17.3 Å². The Bertz CT molecular complexity index is 848. The zero-order valence-electron chi connectivity index (χ0n) is 14.1. The van der Waals surface area contributed by atoms with Crippen molar-refractivity contribution < 1.29 is 4.74 Å². The highest BCUT2D eigenvalue weighted by Gasteiger charge is 2.06. The van der Waals surface area contributed by atoms with Crippen molar-refractivity contribution in [3.8, 4) is 11.6 Å². The summed E-state index contributed by atoms with van der Waals surface area (Å²) in [5.41, 5.74) is 8.91. The van der Waals surface area contributed by atoms with Gasteiger partial charge in [-0.25, -0.2) is 4.98 Å². The second-order valence-electron chi connectivity index (χ2n) is 5.68. The minimum absolute atomic E-state index is 0.619. The quantitative estimate of drug-likeness (QED) is 0.646. The molecular weight excluding hydrogens is 316 g/mol. The van der Waals surface area contributed by atoms with Crippen molar-refractivity contribution in [2.45, 2.75) is 25.2 Å². The Morgan fingerprint density at radius 1 is 1.08 bits per heavy atom. The summed E-state index contributed by atoms with van der Waals surface area (Å²) in [4.78, 5) is 5.88. The van der Waals surface area contributed by atoms with E-state index in [0.29, 0.717) is 12.4 Å². The number of fused-ring (bicyclic) bond motifs is 1. The third kappa shape index (κ3) is 3.89. The van der Waals surface area contributed by atoms with Gasteiger partial charge in [-0.05, 0) is 73.2 Å². The third-order valence-electron chi connectivity index (χ3n) is 3.83. The van der Waals surface area contributed by atoms with E-state index in [2.05, 4.69) is 43.1 Å². The maximum Gasteiger partial charge on any atom is 0.219 e. The average molecular weight is 338 g/mol. The molecule has 0 spiro atoms. The number of pyridine rings is 1. The fourth-order valence-corrected chi connectivity index (χ4v) is 3.40. The van der Waals surface area contributed by atoms with E-state index in [4.69, 9.17) is 10.5 Å². The molecule has 2 aromatic carbocycles. The van der Waals surface area contributed by atoms with Gasteiger partial charge in [0, 0.05) is 16.3 Å². The number of hydrogen-bond donors (Lipinski definition) is 1. The number of aromatic nitrogens is 1. The third-order valence-corrected chi connectivity index (χ3v) is 4.71. The summed E-state index contributed by atoms with van der Waals surface area (Å²) in [6.07, 6.45) is 0.884. The zero-order chi connectivity index (χ0) is 16.9. The number of ether oxygens (including phenoxy) is 1. The van der Waals surface area contributed by atoms with Crippen molar-refractivity contribution in [3.05, 3.63) is 59.7 Å². The van der Waals surface area contributed by atoms with Gasteiger partial charge in [-0.1, -0.05) is 13.0 Å². The fraction of sp³-hybridized carbons (Fsp3) is 0.250. The van der Waals surface area contributed by atoms with Crippen molar-refractivity contribution in [2.75, 3.05) is 12.3 Å². The molecule has 3 aromatic rings. The van der Waals surface area contributed by atoms with Gasteiger partial charge in [0.15, 0.2) is 0 Å². The van der Waals surface area contributed by atoms with Gasteiger partial charge in [-0.3, -0.25) is 0 Å². The summed E-state index contributed by atoms with van der Waals surface area (Å²) in [5, 5.41) is 1.11. The van der Waals surface area contributed by atoms with Gasteiger partial charge in [0.1, 0.15) is 5.75 Å². The molecule has 0 radical (unpaired) electrons. The van der Waals surface area contributed by atoms with Crippen LogP contribution in [0, 0.1) is 6.92 Å². The maximum atomic E-state index is 5.99. The summed E-state index contributed by atoms with van der Waals surface area (Å²) in [6, 6.07) is 16.5. The molecule has 1 heterocycles. The molecule has 1 aromatic heterocycles. The standard InChI is InChI=1S/C20H22N2OS/c1-3-24-17-6-8-19(14(2)12-17)23-20-9-5-16-13-15(10-11-21)4-7-18(16)22-20/h4-9,12-13H,3,10-11,21H2,1-2H3. The van der Waals surface area contributed by atoms with Crippen LogP contribution in [0.1, 0.15) is 18.1 Å². The summed E-state index contributed by atoms with van der Waals surface area (Å²) in [6.45, 7) is 4.88. The molecule has 0 atom stereocenters. The molecule has 2 N–H and O–H groups in total. The molecule has 3 rings (SSSR count). The van der Waals surface area contributed by atoms with Crippen molar-refractivity contribution in [1.82, 2.24) is 4.98 Å². The summed E-state index contributed by atoms with van der Waals surface area (Å²) in [7, 11) is 0. The Morgan fingerprint density at radius 3 is 2.71 bits per heavy atom. The molecule has 4 heteroatoms. The van der Waals surface area contributed by atoms with Gasteiger partial charge in [0.05, 0.1) is 5.52 Å². The first kappa shape index (κ1) is 16.8. The van der Waals surface area contributed by atoms with Crippen molar-refractivity contribution in [3.63, 3.8) is 0 Å². The second-order valence-corrected chi connectivity index (χ2v) is 7.02. The lowest BCUT2D eigenvalue weighted by atomic mass is 10.1. The van der Waals surface area contributed by atoms with E-state index < -0.39 is 0 Å². The van der Waals surface area contributed by atoms with Crippen LogP contribution in [0.15, 0.2) is 53.4 Å². The SMILES string of the molecule is CCSc1ccc(Oc2ccc3cc(CCN)ccc3n2)c(C)c1. The fourth-order valence-electron chi connectivity index (χ4n) is 2.64. The number of benzene rings is 2. The van der Waals surface area contributed by atoms with E-state index in [0.717, 1.165) is 34.4 Å². The number of nitrogens with zero attached hydrogens (tertiary/aromatic N) is 1. The van der Waals surface area contributed by atoms with Gasteiger partial charge in [-0.15, -0.1) is 11.8 Å². The molecule has 0 saturated heterocycles. The first-order valence-electron chi connectivity index (χ1n) is 8.20. The molecule has 3 nitrogen and oxygen atoms in total. The first-order valence-corrected chi connectivity index (χ1v) is 9.19. The molecule has 0 amide bonds. The number of aryl methyl sites for hydroxylation is 1. The predicted molar refractivity (Wildman–Crippen MR) is 102 cm³/mol. The van der Waals surface area contributed by atoms with E-state index in [9.17, 15) is 0 Å². The van der Waals surface area contributed by atoms with Gasteiger partial charge in [0.2, 0.25) is 5.88 Å². The van der Waals surface area contributed by atoms with Crippen LogP contribution in [0.5, 0.6) is 11.6 Å². The Balaban J connectivity index is 1.83. The first-order chi connectivity index (χ1) is 11.7. The average Bonchev–Trinajstić information content (AvgIpc) is 2.58. The topological polar surface area (TPSA) is 48.1 Å². The number of hydrogen-bond acceptors (Lipinski definition) is 4. The highest BCUT2D eigenvalue weighted by atomic mass is 32.2. The number of nitrogens with two attached hydrogens (primary N) is 1. The molecule has 0 saturated carbocycles. The predicted octanol–water partition coefficient (Wildman–Crippen LogP) is 4.95. The monoisotopic (exact) mass is 338 g/mol. The lowest BCUT2D eigenvalue weighted by Gasteiger charge is -2.10. The largest absolute Gasteiger partial charge is 0.439 e. The van der Waals surface area contributed by atoms with Crippen LogP contribution in [-0.2, 0) is 6.42 Å². The molecule has 0 bridgehead atoms. The molecular formula is C20H22N2OS. The van der Waals surface area contributed by atoms with Gasteiger partial charge in [0.25, 0.3) is 0 Å². The summed E-state index contributed by atoms with van der Waals surface area (Å²) in [5.74, 6) is 2.54. The zero-order valence-corrected chi connectivity index (χ0v) is 14.9. The second kappa shape index (κ2) is 7.69. The van der Waals surface area contributed by atoms with Crippen LogP contribution in [0.4, 0.5) is 0 Å². The molecule has 0 unspecified atom stereocenters. The normalized spacial score (nSPS) is 11.0. The molecule has 24 heavy (non-hydrogen) atoms. The Hall–Kier alpha value is -2.04. The van der Waals surface area contributed by atoms with Crippen LogP contribution in [0.3, 0.4) is 0 Å². The van der Waals surface area contributed by atoms with Crippen LogP contribution in [0.2, 0.25) is 0 Å². The van der Waals surface area contributed by atoms with Crippen molar-refractivity contribution >= 4 is 22.7 Å². The minimum atomic E-state index is 0.619. The van der Waals surface area contributed by atoms with Crippen LogP contribution >= 0.6 is 11.8 Å². The van der Waals surface area contributed by atoms with Crippen molar-refractivity contribution in [1.29, 1.82) is 0 Å². The van der Waals surface area contributed by atoms with Gasteiger partial charge < -0.3 is 10.5 Å². The van der Waals surface area contributed by atoms with Gasteiger partial charge >= 0.3 is 0 Å². The van der Waals surface area contributed by atoms with E-state index >= 15 is 0 Å². The molecule has 0 aliphatic heterocycles. The lowest BCUT2D eigenvalue weighted by Crippen LogP contribution is -2.02. The van der Waals surface area contributed by atoms with Crippen molar-refractivity contribution in [2.24, 2.45) is 5.73 Å². The van der Waals surface area contributed by atoms with Crippen LogP contribution in [0.25, 0.3) is 10.9 Å². The van der Waals surface area contributed by atoms with E-state index in [1.807, 2.05) is 36.0 Å². The number of thioether (sulfide) groups is 1. The molecule has 0 aliphatic rings. The van der Waals surface area contributed by atoms with E-state index in [-0.39, 0.29) is 0 Å². The lowest BCUT2D eigenvalue weighted by molar-refractivity contribution is 0.461. The number of rotatable bonds is 6. The summed E-state index contributed by atoms with van der Waals surface area (Å²) >= 11 is 1.83. The molecule has 0 aliphatic carbocycles. The van der Waals surface area contributed by atoms with Gasteiger partial charge in [-0.2, -0.15) is 0 Å². The Kier molecular flexibility index (Phi) is 5.38. The maximum absolute atomic E-state index is 5.99. The summed E-state index contributed by atoms with van der Waals surface area (Å²) < 4.78 is 5.99. The minimum Gasteiger partial charge on any atom is -0.439 e. The smallest absolute Gasteiger partial charge is 0.219 e. The van der Waals surface area contributed by atoms with E-state index in [1.165, 1.54) is 10.5 Å². The van der Waals surface area contributed by atoms with E-state index in [1.54, 1.807) is 0 Å². The molecule has 0 fully saturated rings. The Labute approximate surface area is 147 Å².